The minimum Gasteiger partial charge on any atom is -0.0912 e. The topological polar surface area (TPSA) is 0 Å². The predicted octanol–water partition coefficient (Wildman–Crippen LogP) is 8.60. The van der Waals surface area contributed by atoms with Crippen molar-refractivity contribution in [2.24, 2.45) is 0 Å². The van der Waals surface area contributed by atoms with Crippen LogP contribution in [0.2, 0.25) is 0 Å². The van der Waals surface area contributed by atoms with E-state index in [1.807, 2.05) is 18.2 Å². The van der Waals surface area contributed by atoms with E-state index in [1.165, 1.54) is 22.3 Å². The largest absolute Gasteiger partial charge is 0.0912 e. The predicted molar refractivity (Wildman–Crippen MR) is 134 cm³/mol. The van der Waals surface area contributed by atoms with E-state index in [0.717, 1.165) is 35.1 Å². The number of rotatable bonds is 7. The average molecular weight is 391 g/mol. The lowest BCUT2D eigenvalue weighted by atomic mass is 9.96. The van der Waals surface area contributed by atoms with E-state index in [0.29, 0.717) is 0 Å². The van der Waals surface area contributed by atoms with Crippen LogP contribution in [0.4, 0.5) is 0 Å². The van der Waals surface area contributed by atoms with Crippen molar-refractivity contribution in [1.29, 1.82) is 0 Å². The Morgan fingerprint density at radius 1 is 0.833 bits per heavy atom. The Morgan fingerprint density at radius 3 is 2.17 bits per heavy atom. The Balaban J connectivity index is 1.70. The maximum atomic E-state index is 4.29. The van der Waals surface area contributed by atoms with Gasteiger partial charge in [0.05, 0.1) is 0 Å². The van der Waals surface area contributed by atoms with Gasteiger partial charge in [-0.3, -0.25) is 0 Å². The Kier molecular flexibility index (Phi) is 7.40. The van der Waals surface area contributed by atoms with Crippen molar-refractivity contribution in [2.75, 3.05) is 0 Å². The summed E-state index contributed by atoms with van der Waals surface area (Å²) in [4.78, 5) is 0. The molecule has 0 radical (unpaired) electrons. The van der Waals surface area contributed by atoms with E-state index >= 15 is 0 Å². The highest BCUT2D eigenvalue weighted by Crippen LogP contribution is 2.25. The highest BCUT2D eigenvalue weighted by Gasteiger charge is 2.04. The fourth-order valence-electron chi connectivity index (χ4n) is 3.53. The molecule has 0 aliphatic heterocycles. The van der Waals surface area contributed by atoms with Gasteiger partial charge in [-0.1, -0.05) is 110 Å². The fraction of sp³-hybridized carbons (Fsp3) is 0.133. The van der Waals surface area contributed by atoms with Crippen LogP contribution in [0.3, 0.4) is 0 Å². The first-order valence-electron chi connectivity index (χ1n) is 10.5. The molecule has 0 spiro atoms. The summed E-state index contributed by atoms with van der Waals surface area (Å²) in [6.45, 7) is 12.7. The molecule has 0 aromatic heterocycles. The average Bonchev–Trinajstić information content (AvgIpc) is 2.80. The third-order valence-electron chi connectivity index (χ3n) is 5.35. The Labute approximate surface area is 181 Å². The molecule has 1 aliphatic carbocycles. The molecule has 3 rings (SSSR count). The first-order chi connectivity index (χ1) is 14.6. The summed E-state index contributed by atoms with van der Waals surface area (Å²) in [5.41, 5.74) is 9.23. The van der Waals surface area contributed by atoms with Gasteiger partial charge in [0.25, 0.3) is 0 Å². The standard InChI is InChI=1S/C30H30/c1-5-26(17-16-23(2)27-12-8-6-9-13-27)24(3)22-25(4)28-18-20-30(21-19-28)29-14-10-7-11-15-29/h5-6,8-10,12-22H,2,4,7,11H2,1,3H3/b17-16-,24-22+,26-5+. The SMILES string of the molecule is C=C(\C=C/C(=C\C)C(/C)=C/C(=C)c1ccc(C2=CCCC=C2)cc1)c1ccccc1. The molecule has 0 bridgehead atoms. The number of hydrogen-bond donors (Lipinski definition) is 0. The zero-order valence-electron chi connectivity index (χ0n) is 18.1. The second-order valence-corrected chi connectivity index (χ2v) is 7.54. The van der Waals surface area contributed by atoms with Crippen LogP contribution in [0.1, 0.15) is 43.4 Å². The van der Waals surface area contributed by atoms with Gasteiger partial charge in [0.2, 0.25) is 0 Å². The zero-order chi connectivity index (χ0) is 21.3. The maximum absolute atomic E-state index is 4.29. The van der Waals surface area contributed by atoms with Crippen molar-refractivity contribution < 1.29 is 0 Å². The van der Waals surface area contributed by atoms with Gasteiger partial charge in [-0.05, 0) is 71.2 Å². The Hall–Kier alpha value is -3.38. The van der Waals surface area contributed by atoms with E-state index in [9.17, 15) is 0 Å². The molecule has 0 saturated carbocycles. The van der Waals surface area contributed by atoms with E-state index in [4.69, 9.17) is 0 Å². The quantitative estimate of drug-likeness (QED) is 0.415. The van der Waals surface area contributed by atoms with Crippen LogP contribution in [0.15, 0.2) is 121 Å². The van der Waals surface area contributed by atoms with Crippen LogP contribution in [0.25, 0.3) is 16.7 Å². The summed E-state index contributed by atoms with van der Waals surface area (Å²) in [5, 5.41) is 0. The molecule has 0 fully saturated rings. The van der Waals surface area contributed by atoms with Gasteiger partial charge in [0.1, 0.15) is 0 Å². The van der Waals surface area contributed by atoms with E-state index in [2.05, 4.69) is 106 Å². The van der Waals surface area contributed by atoms with Crippen molar-refractivity contribution >= 4 is 16.7 Å². The highest BCUT2D eigenvalue weighted by atomic mass is 14.1. The molecular formula is C30H30. The second kappa shape index (κ2) is 10.4. The number of allylic oxidation sites excluding steroid dienone is 12. The van der Waals surface area contributed by atoms with Gasteiger partial charge in [-0.15, -0.1) is 0 Å². The van der Waals surface area contributed by atoms with E-state index in [1.54, 1.807) is 0 Å². The van der Waals surface area contributed by atoms with Gasteiger partial charge < -0.3 is 0 Å². The van der Waals surface area contributed by atoms with Crippen LogP contribution in [-0.4, -0.2) is 0 Å². The van der Waals surface area contributed by atoms with Crippen LogP contribution in [0.5, 0.6) is 0 Å². The van der Waals surface area contributed by atoms with Crippen molar-refractivity contribution in [1.82, 2.24) is 0 Å². The minimum atomic E-state index is 1.00. The lowest BCUT2D eigenvalue weighted by molar-refractivity contribution is 1.04. The Morgan fingerprint density at radius 2 is 1.53 bits per heavy atom. The van der Waals surface area contributed by atoms with Crippen LogP contribution >= 0.6 is 0 Å². The zero-order valence-corrected chi connectivity index (χ0v) is 18.1. The molecule has 0 nitrogen and oxygen atoms in total. The molecule has 0 unspecified atom stereocenters. The molecule has 0 heterocycles. The van der Waals surface area contributed by atoms with Crippen molar-refractivity contribution in [3.05, 3.63) is 138 Å². The summed E-state index contributed by atoms with van der Waals surface area (Å²) < 4.78 is 0. The van der Waals surface area contributed by atoms with Crippen LogP contribution in [0, 0.1) is 0 Å². The van der Waals surface area contributed by atoms with Crippen LogP contribution in [-0.2, 0) is 0 Å². The Bertz CT molecular complexity index is 1050. The molecule has 150 valence electrons. The first-order valence-corrected chi connectivity index (χ1v) is 10.5. The summed E-state index contributed by atoms with van der Waals surface area (Å²) in [5.74, 6) is 0. The number of hydrogen-bond acceptors (Lipinski definition) is 0. The lowest BCUT2D eigenvalue weighted by Gasteiger charge is -2.09. The van der Waals surface area contributed by atoms with Crippen LogP contribution < -0.4 is 0 Å². The molecule has 0 heteroatoms. The van der Waals surface area contributed by atoms with Gasteiger partial charge in [-0.25, -0.2) is 0 Å². The monoisotopic (exact) mass is 390 g/mol. The first kappa shape index (κ1) is 21.3. The summed E-state index contributed by atoms with van der Waals surface area (Å²) in [6, 6.07) is 18.9. The van der Waals surface area contributed by atoms with Crippen molar-refractivity contribution in [3.63, 3.8) is 0 Å². The maximum Gasteiger partial charge on any atom is -0.0187 e. The number of benzene rings is 2. The van der Waals surface area contributed by atoms with Crippen molar-refractivity contribution in [3.8, 4) is 0 Å². The van der Waals surface area contributed by atoms with Crippen molar-refractivity contribution in [2.45, 2.75) is 26.7 Å². The minimum absolute atomic E-state index is 1.00. The third kappa shape index (κ3) is 5.58. The molecule has 1 aliphatic rings. The summed E-state index contributed by atoms with van der Waals surface area (Å²) >= 11 is 0. The highest BCUT2D eigenvalue weighted by molar-refractivity contribution is 5.79. The van der Waals surface area contributed by atoms with E-state index < -0.39 is 0 Å². The fourth-order valence-corrected chi connectivity index (χ4v) is 3.53. The van der Waals surface area contributed by atoms with Gasteiger partial charge in [-0.2, -0.15) is 0 Å². The molecule has 30 heavy (non-hydrogen) atoms. The van der Waals surface area contributed by atoms with Gasteiger partial charge in [0, 0.05) is 0 Å². The molecule has 2 aromatic carbocycles. The molecule has 0 atom stereocenters. The third-order valence-corrected chi connectivity index (χ3v) is 5.35. The summed E-state index contributed by atoms with van der Waals surface area (Å²) in [7, 11) is 0. The van der Waals surface area contributed by atoms with E-state index in [-0.39, 0.29) is 0 Å². The van der Waals surface area contributed by atoms with Gasteiger partial charge in [0.15, 0.2) is 0 Å². The van der Waals surface area contributed by atoms with Gasteiger partial charge >= 0.3 is 0 Å². The smallest absolute Gasteiger partial charge is 0.0187 e. The summed E-state index contributed by atoms with van der Waals surface area (Å²) in [6.07, 6.45) is 17.5. The molecule has 0 N–H and O–H groups in total. The molecule has 0 amide bonds. The lowest BCUT2D eigenvalue weighted by Crippen LogP contribution is -1.88. The molecule has 2 aromatic rings. The normalized spacial score (nSPS) is 14.7. The molecule has 0 saturated heterocycles. The second-order valence-electron chi connectivity index (χ2n) is 7.54. The molecular weight excluding hydrogens is 360 g/mol.